The van der Waals surface area contributed by atoms with Crippen molar-refractivity contribution >= 4 is 17.3 Å². The van der Waals surface area contributed by atoms with Gasteiger partial charge in [-0.1, -0.05) is 6.92 Å². The normalized spacial score (nSPS) is 13.2. The van der Waals surface area contributed by atoms with E-state index >= 15 is 0 Å². The first-order valence-electron chi connectivity index (χ1n) is 6.82. The highest BCUT2D eigenvalue weighted by Crippen LogP contribution is 2.38. The highest BCUT2D eigenvalue weighted by molar-refractivity contribution is 7.15. The minimum absolute atomic E-state index is 0.111. The maximum atomic E-state index is 11.4. The number of benzene rings is 1. The molecule has 3 rings (SSSR count). The molecule has 0 atom stereocenters. The Balaban J connectivity index is 2.04. The Morgan fingerprint density at radius 3 is 2.81 bits per heavy atom. The number of thiazole rings is 1. The molecule has 0 radical (unpaired) electrons. The fourth-order valence-corrected chi connectivity index (χ4v) is 3.36. The molecule has 0 aliphatic carbocycles. The van der Waals surface area contributed by atoms with Crippen LogP contribution < -0.4 is 9.47 Å². The number of aryl methyl sites for hydroxylation is 1. The lowest BCUT2D eigenvalue weighted by atomic mass is 10.1. The molecule has 1 aromatic carbocycles. The van der Waals surface area contributed by atoms with Crippen molar-refractivity contribution in [3.05, 3.63) is 28.9 Å². The van der Waals surface area contributed by atoms with E-state index in [1.807, 2.05) is 25.1 Å². The SMILES string of the molecule is CCCc1nc(C(=O)O)c(-c2ccc3c(c2)OCCO3)s1. The van der Waals surface area contributed by atoms with Crippen LogP contribution in [0.15, 0.2) is 18.2 Å². The predicted molar refractivity (Wildman–Crippen MR) is 79.5 cm³/mol. The summed E-state index contributed by atoms with van der Waals surface area (Å²) < 4.78 is 11.0. The summed E-state index contributed by atoms with van der Waals surface area (Å²) in [4.78, 5) is 16.3. The Morgan fingerprint density at radius 1 is 1.33 bits per heavy atom. The quantitative estimate of drug-likeness (QED) is 0.939. The highest BCUT2D eigenvalue weighted by atomic mass is 32.1. The van der Waals surface area contributed by atoms with E-state index in [1.165, 1.54) is 11.3 Å². The van der Waals surface area contributed by atoms with Crippen LogP contribution in [0.3, 0.4) is 0 Å². The molecule has 1 aliphatic rings. The smallest absolute Gasteiger partial charge is 0.356 e. The Morgan fingerprint density at radius 2 is 2.10 bits per heavy atom. The summed E-state index contributed by atoms with van der Waals surface area (Å²) in [6.45, 7) is 3.09. The van der Waals surface area contributed by atoms with E-state index in [4.69, 9.17) is 9.47 Å². The summed E-state index contributed by atoms with van der Waals surface area (Å²) in [7, 11) is 0. The summed E-state index contributed by atoms with van der Waals surface area (Å²) in [6, 6.07) is 5.49. The first-order chi connectivity index (χ1) is 10.2. The predicted octanol–water partition coefficient (Wildman–Crippen LogP) is 3.23. The van der Waals surface area contributed by atoms with Gasteiger partial charge in [0.1, 0.15) is 13.2 Å². The van der Waals surface area contributed by atoms with Crippen molar-refractivity contribution < 1.29 is 19.4 Å². The van der Waals surface area contributed by atoms with Gasteiger partial charge in [-0.3, -0.25) is 0 Å². The van der Waals surface area contributed by atoms with Crippen molar-refractivity contribution in [1.29, 1.82) is 0 Å². The monoisotopic (exact) mass is 305 g/mol. The van der Waals surface area contributed by atoms with Crippen molar-refractivity contribution in [2.75, 3.05) is 13.2 Å². The molecule has 1 aliphatic heterocycles. The zero-order valence-electron chi connectivity index (χ0n) is 11.6. The summed E-state index contributed by atoms with van der Waals surface area (Å²) in [5.74, 6) is 0.346. The molecule has 0 amide bonds. The number of carboxylic acids is 1. The number of carboxylic acid groups (broad SMARTS) is 1. The average molecular weight is 305 g/mol. The van der Waals surface area contributed by atoms with Crippen LogP contribution in [-0.2, 0) is 6.42 Å². The molecule has 0 unspecified atom stereocenters. The van der Waals surface area contributed by atoms with Gasteiger partial charge >= 0.3 is 5.97 Å². The van der Waals surface area contributed by atoms with Gasteiger partial charge < -0.3 is 14.6 Å². The van der Waals surface area contributed by atoms with Gasteiger partial charge in [-0.15, -0.1) is 11.3 Å². The largest absolute Gasteiger partial charge is 0.486 e. The van der Waals surface area contributed by atoms with Crippen LogP contribution in [0.2, 0.25) is 0 Å². The summed E-state index contributed by atoms with van der Waals surface area (Å²) in [6.07, 6.45) is 1.72. The van der Waals surface area contributed by atoms with E-state index in [0.717, 1.165) is 23.4 Å². The van der Waals surface area contributed by atoms with Crippen LogP contribution in [-0.4, -0.2) is 29.3 Å². The van der Waals surface area contributed by atoms with Gasteiger partial charge in [0, 0.05) is 0 Å². The lowest BCUT2D eigenvalue weighted by Gasteiger charge is -2.18. The summed E-state index contributed by atoms with van der Waals surface area (Å²) in [5.41, 5.74) is 0.914. The molecule has 2 aromatic rings. The second kappa shape index (κ2) is 5.73. The molecule has 0 fully saturated rings. The molecule has 110 valence electrons. The van der Waals surface area contributed by atoms with Gasteiger partial charge in [0.05, 0.1) is 9.88 Å². The lowest BCUT2D eigenvalue weighted by molar-refractivity contribution is 0.0692. The third-order valence-corrected chi connectivity index (χ3v) is 4.31. The standard InChI is InChI=1S/C15H15NO4S/c1-2-3-12-16-13(15(17)18)14(21-12)9-4-5-10-11(8-9)20-7-6-19-10/h4-5,8H,2-3,6-7H2,1H3,(H,17,18). The number of fused-ring (bicyclic) bond motifs is 1. The van der Waals surface area contributed by atoms with Crippen LogP contribution in [0, 0.1) is 0 Å². The van der Waals surface area contributed by atoms with E-state index in [0.29, 0.717) is 29.6 Å². The number of hydrogen-bond donors (Lipinski definition) is 1. The molecule has 21 heavy (non-hydrogen) atoms. The van der Waals surface area contributed by atoms with E-state index in [-0.39, 0.29) is 5.69 Å². The maximum absolute atomic E-state index is 11.4. The number of rotatable bonds is 4. The van der Waals surface area contributed by atoms with Gasteiger partial charge in [-0.05, 0) is 36.6 Å². The minimum Gasteiger partial charge on any atom is -0.486 e. The molecule has 0 saturated heterocycles. The molecule has 2 heterocycles. The Labute approximate surface area is 126 Å². The van der Waals surface area contributed by atoms with Gasteiger partial charge in [-0.2, -0.15) is 0 Å². The molecule has 1 N–H and O–H groups in total. The van der Waals surface area contributed by atoms with Gasteiger partial charge in [0.2, 0.25) is 0 Å². The fourth-order valence-electron chi connectivity index (χ4n) is 2.21. The van der Waals surface area contributed by atoms with Gasteiger partial charge in [0.25, 0.3) is 0 Å². The number of aromatic carboxylic acids is 1. The Kier molecular flexibility index (Phi) is 3.79. The van der Waals surface area contributed by atoms with Crippen molar-refractivity contribution in [1.82, 2.24) is 4.98 Å². The van der Waals surface area contributed by atoms with E-state index in [1.54, 1.807) is 0 Å². The number of hydrogen-bond acceptors (Lipinski definition) is 5. The van der Waals surface area contributed by atoms with Crippen LogP contribution in [0.1, 0.15) is 28.8 Å². The Hall–Kier alpha value is -2.08. The Bertz CT molecular complexity index is 680. The van der Waals surface area contributed by atoms with Crippen LogP contribution in [0.5, 0.6) is 11.5 Å². The van der Waals surface area contributed by atoms with Crippen molar-refractivity contribution in [3.8, 4) is 21.9 Å². The number of ether oxygens (including phenoxy) is 2. The molecule has 6 heteroatoms. The molecular weight excluding hydrogens is 290 g/mol. The minimum atomic E-state index is -1.00. The highest BCUT2D eigenvalue weighted by Gasteiger charge is 2.20. The van der Waals surface area contributed by atoms with Crippen molar-refractivity contribution in [2.45, 2.75) is 19.8 Å². The third-order valence-electron chi connectivity index (χ3n) is 3.14. The molecule has 5 nitrogen and oxygen atoms in total. The van der Waals surface area contributed by atoms with Gasteiger partial charge in [0.15, 0.2) is 17.2 Å². The second-order valence-corrected chi connectivity index (χ2v) is 5.78. The third kappa shape index (κ3) is 2.71. The van der Waals surface area contributed by atoms with Crippen LogP contribution in [0.4, 0.5) is 0 Å². The average Bonchev–Trinajstić information content (AvgIpc) is 2.91. The molecule has 0 spiro atoms. The molecule has 0 bridgehead atoms. The van der Waals surface area contributed by atoms with Crippen molar-refractivity contribution in [3.63, 3.8) is 0 Å². The van der Waals surface area contributed by atoms with Gasteiger partial charge in [-0.25, -0.2) is 9.78 Å². The molecule has 0 saturated carbocycles. The lowest BCUT2D eigenvalue weighted by Crippen LogP contribution is -2.15. The second-order valence-electron chi connectivity index (χ2n) is 4.70. The van der Waals surface area contributed by atoms with Crippen LogP contribution >= 0.6 is 11.3 Å². The fraction of sp³-hybridized carbons (Fsp3) is 0.333. The summed E-state index contributed by atoms with van der Waals surface area (Å²) in [5, 5.41) is 10.2. The van der Waals surface area contributed by atoms with Crippen LogP contribution in [0.25, 0.3) is 10.4 Å². The zero-order chi connectivity index (χ0) is 14.8. The first kappa shape index (κ1) is 13.9. The van der Waals surface area contributed by atoms with E-state index in [2.05, 4.69) is 4.98 Å². The van der Waals surface area contributed by atoms with Crippen molar-refractivity contribution in [2.24, 2.45) is 0 Å². The number of aromatic nitrogens is 1. The number of carbonyl (C=O) groups is 1. The van der Waals surface area contributed by atoms with E-state index in [9.17, 15) is 9.90 Å². The zero-order valence-corrected chi connectivity index (χ0v) is 12.4. The first-order valence-corrected chi connectivity index (χ1v) is 7.63. The molecule has 1 aromatic heterocycles. The topological polar surface area (TPSA) is 68.7 Å². The molecular formula is C15H15NO4S. The summed E-state index contributed by atoms with van der Waals surface area (Å²) >= 11 is 1.43. The van der Waals surface area contributed by atoms with E-state index < -0.39 is 5.97 Å². The number of nitrogens with zero attached hydrogens (tertiary/aromatic N) is 1. The maximum Gasteiger partial charge on any atom is 0.356 e.